The molecule has 1 aromatic heterocycles. The number of H-pyrrole nitrogens is 1. The molecule has 0 aliphatic carbocycles. The van der Waals surface area contributed by atoms with Crippen LogP contribution in [-0.4, -0.2) is 21.3 Å². The van der Waals surface area contributed by atoms with E-state index < -0.39 is 0 Å². The molecule has 0 atom stereocenters. The Hall–Kier alpha value is -0.708. The van der Waals surface area contributed by atoms with E-state index in [2.05, 4.69) is 35.4 Å². The van der Waals surface area contributed by atoms with E-state index in [-0.39, 0.29) is 0 Å². The highest BCUT2D eigenvalue weighted by Gasteiger charge is 1.94. The zero-order valence-corrected chi connectivity index (χ0v) is 7.89. The molecule has 1 N–H and O–H groups in total. The van der Waals surface area contributed by atoms with Crippen molar-refractivity contribution < 1.29 is 0 Å². The standard InChI is InChI=1S/C8H6N.Al.2H/c1-2-4-8-7(3-1)5-6-9-8;;;/h1-4,6,9H;;;. The number of para-hydroxylation sites is 1. The highest BCUT2D eigenvalue weighted by Crippen LogP contribution is 2.06. The highest BCUT2D eigenvalue weighted by molar-refractivity contribution is 6.38. The van der Waals surface area contributed by atoms with Gasteiger partial charge in [-0.3, -0.25) is 0 Å². The van der Waals surface area contributed by atoms with Crippen LogP contribution in [0.25, 0.3) is 10.9 Å². The minimum Gasteiger partial charge on any atom is -0.362 e. The summed E-state index contributed by atoms with van der Waals surface area (Å²) < 4.78 is 1.45. The zero-order valence-electron chi connectivity index (χ0n) is 5.89. The van der Waals surface area contributed by atoms with Gasteiger partial charge < -0.3 is 4.98 Å². The van der Waals surface area contributed by atoms with Crippen LogP contribution in [0.15, 0.2) is 30.5 Å². The summed E-state index contributed by atoms with van der Waals surface area (Å²) in [5.74, 6) is 0. The fourth-order valence-corrected chi connectivity index (χ4v) is 1.80. The zero-order chi connectivity index (χ0) is 6.97. The molecule has 0 unspecified atom stereocenters. The van der Waals surface area contributed by atoms with E-state index in [1.165, 1.54) is 15.3 Å². The first-order chi connectivity index (χ1) is 4.88. The van der Waals surface area contributed by atoms with Gasteiger partial charge in [-0.2, -0.15) is 0 Å². The number of hydrogen-bond donors (Lipinski definition) is 1. The summed E-state index contributed by atoms with van der Waals surface area (Å²) >= 11 is 1.13. The topological polar surface area (TPSA) is 15.8 Å². The normalized spacial score (nSPS) is 10.4. The van der Waals surface area contributed by atoms with Crippen molar-refractivity contribution in [2.24, 2.45) is 0 Å². The molecule has 0 aliphatic rings. The van der Waals surface area contributed by atoms with Gasteiger partial charge in [0.2, 0.25) is 0 Å². The SMILES string of the molecule is [AlH2][c]1c[nH]c2ccccc12. The summed E-state index contributed by atoms with van der Waals surface area (Å²) in [6.45, 7) is 0. The first-order valence-electron chi connectivity index (χ1n) is 3.40. The monoisotopic (exact) mass is 145 g/mol. The molecule has 48 valence electrons. The van der Waals surface area contributed by atoms with Gasteiger partial charge in [0.15, 0.2) is 0 Å². The number of aromatic nitrogens is 1. The van der Waals surface area contributed by atoms with Gasteiger partial charge in [0.1, 0.15) is 0 Å². The third-order valence-electron chi connectivity index (χ3n) is 1.80. The lowest BCUT2D eigenvalue weighted by Crippen LogP contribution is -1.96. The van der Waals surface area contributed by atoms with Crippen LogP contribution in [0, 0.1) is 0 Å². The summed E-state index contributed by atoms with van der Waals surface area (Å²) in [6.07, 6.45) is 2.09. The van der Waals surface area contributed by atoms with E-state index in [0.717, 1.165) is 16.3 Å². The molecule has 0 bridgehead atoms. The molecule has 2 aromatic rings. The smallest absolute Gasteiger partial charge is 0.262 e. The van der Waals surface area contributed by atoms with Crippen LogP contribution in [-0.2, 0) is 0 Å². The molecular weight excluding hydrogens is 137 g/mol. The molecule has 0 radical (unpaired) electrons. The third kappa shape index (κ3) is 0.776. The number of benzene rings is 1. The van der Waals surface area contributed by atoms with Gasteiger partial charge in [-0.05, 0) is 17.6 Å². The lowest BCUT2D eigenvalue weighted by molar-refractivity contribution is 1.49. The van der Waals surface area contributed by atoms with Crippen molar-refractivity contribution in [2.75, 3.05) is 0 Å². The maximum atomic E-state index is 3.22. The van der Waals surface area contributed by atoms with E-state index in [1.54, 1.807) is 0 Å². The molecule has 1 aromatic carbocycles. The fraction of sp³-hybridized carbons (Fsp3) is 0. The van der Waals surface area contributed by atoms with Gasteiger partial charge >= 0.3 is 0 Å². The van der Waals surface area contributed by atoms with Crippen molar-refractivity contribution in [3.8, 4) is 0 Å². The molecule has 2 rings (SSSR count). The molecule has 0 fully saturated rings. The van der Waals surface area contributed by atoms with Crippen molar-refractivity contribution in [1.82, 2.24) is 4.98 Å². The molecule has 0 aliphatic heterocycles. The molecule has 0 spiro atoms. The van der Waals surface area contributed by atoms with Crippen LogP contribution in [0.5, 0.6) is 0 Å². The maximum Gasteiger partial charge on any atom is 0.262 e. The number of aromatic amines is 1. The third-order valence-corrected chi connectivity index (χ3v) is 2.62. The summed E-state index contributed by atoms with van der Waals surface area (Å²) in [6, 6.07) is 8.41. The largest absolute Gasteiger partial charge is 0.362 e. The summed E-state index contributed by atoms with van der Waals surface area (Å²) in [7, 11) is 0. The number of hydrogen-bond acceptors (Lipinski definition) is 0. The van der Waals surface area contributed by atoms with E-state index in [9.17, 15) is 0 Å². The number of nitrogens with one attached hydrogen (secondary N) is 1. The van der Waals surface area contributed by atoms with Crippen molar-refractivity contribution in [3.05, 3.63) is 30.5 Å². The Labute approximate surface area is 67.5 Å². The summed E-state index contributed by atoms with van der Waals surface area (Å²) in [5.41, 5.74) is 1.26. The Morgan fingerprint density at radius 3 is 2.80 bits per heavy atom. The van der Waals surface area contributed by atoms with Gasteiger partial charge in [0, 0.05) is 5.52 Å². The molecule has 2 heteroatoms. The summed E-state index contributed by atoms with van der Waals surface area (Å²) in [5, 5.41) is 1.38. The second kappa shape index (κ2) is 2.16. The highest BCUT2D eigenvalue weighted by atomic mass is 27.0. The first kappa shape index (κ1) is 6.03. The van der Waals surface area contributed by atoms with Crippen LogP contribution in [0.3, 0.4) is 0 Å². The summed E-state index contributed by atoms with van der Waals surface area (Å²) in [4.78, 5) is 3.22. The van der Waals surface area contributed by atoms with Crippen LogP contribution in [0.2, 0.25) is 0 Å². The van der Waals surface area contributed by atoms with Gasteiger partial charge in [0.05, 0.1) is 0 Å². The predicted octanol–water partition coefficient (Wildman–Crippen LogP) is 0.426. The Morgan fingerprint density at radius 1 is 1.20 bits per heavy atom. The molecule has 0 saturated heterocycles. The predicted molar refractivity (Wildman–Crippen MR) is 46.5 cm³/mol. The lowest BCUT2D eigenvalue weighted by atomic mass is 10.2. The Morgan fingerprint density at radius 2 is 2.00 bits per heavy atom. The Balaban J connectivity index is 2.93. The average Bonchev–Trinajstić information content (AvgIpc) is 2.34. The van der Waals surface area contributed by atoms with Crippen molar-refractivity contribution in [3.63, 3.8) is 0 Å². The van der Waals surface area contributed by atoms with E-state index in [4.69, 9.17) is 0 Å². The van der Waals surface area contributed by atoms with E-state index in [1.807, 2.05) is 0 Å². The molecule has 1 heterocycles. The molecule has 10 heavy (non-hydrogen) atoms. The van der Waals surface area contributed by atoms with E-state index in [0.29, 0.717) is 0 Å². The van der Waals surface area contributed by atoms with Crippen molar-refractivity contribution in [1.29, 1.82) is 0 Å². The average molecular weight is 145 g/mol. The quantitative estimate of drug-likeness (QED) is 0.517. The minimum absolute atomic E-state index is 1.13. The lowest BCUT2D eigenvalue weighted by Gasteiger charge is -1.87. The molecule has 1 nitrogen and oxygen atoms in total. The van der Waals surface area contributed by atoms with E-state index >= 15 is 0 Å². The van der Waals surface area contributed by atoms with Crippen molar-refractivity contribution >= 4 is 31.6 Å². The minimum atomic E-state index is 1.13. The Kier molecular flexibility index (Phi) is 1.30. The molecule has 0 amide bonds. The Bertz CT molecular complexity index is 351. The van der Waals surface area contributed by atoms with Gasteiger partial charge in [-0.25, -0.2) is 0 Å². The van der Waals surface area contributed by atoms with Crippen LogP contribution >= 0.6 is 0 Å². The van der Waals surface area contributed by atoms with Gasteiger partial charge in [0.25, 0.3) is 16.3 Å². The van der Waals surface area contributed by atoms with Crippen LogP contribution < -0.4 is 4.43 Å². The molecule has 0 saturated carbocycles. The van der Waals surface area contributed by atoms with Crippen LogP contribution in [0.4, 0.5) is 0 Å². The van der Waals surface area contributed by atoms with Crippen LogP contribution in [0.1, 0.15) is 0 Å². The van der Waals surface area contributed by atoms with Crippen molar-refractivity contribution in [2.45, 2.75) is 0 Å². The van der Waals surface area contributed by atoms with Gasteiger partial charge in [-0.15, -0.1) is 0 Å². The second-order valence-corrected chi connectivity index (χ2v) is 3.59. The number of rotatable bonds is 0. The first-order valence-corrected chi connectivity index (χ1v) is 4.40. The molecular formula is C8H8AlN. The second-order valence-electron chi connectivity index (χ2n) is 2.52. The fourth-order valence-electron chi connectivity index (χ4n) is 1.22. The van der Waals surface area contributed by atoms with Gasteiger partial charge in [-0.1, -0.05) is 22.6 Å². The maximum absolute atomic E-state index is 3.22. The number of fused-ring (bicyclic) bond motifs is 1.